The van der Waals surface area contributed by atoms with Crippen molar-refractivity contribution in [2.24, 2.45) is 7.05 Å². The maximum absolute atomic E-state index is 6.00. The molecule has 0 aliphatic carbocycles. The Bertz CT molecular complexity index is 750. The summed E-state index contributed by atoms with van der Waals surface area (Å²) in [5.74, 6) is 1.29. The first-order valence-corrected chi connectivity index (χ1v) is 6.68. The lowest BCUT2D eigenvalue weighted by atomic mass is 10.2. The zero-order valence-corrected chi connectivity index (χ0v) is 12.1. The molecule has 2 aromatic heterocycles. The molecule has 0 atom stereocenters. The monoisotopic (exact) mass is 304 g/mol. The van der Waals surface area contributed by atoms with Crippen molar-refractivity contribution in [3.8, 4) is 22.9 Å². The Morgan fingerprint density at radius 3 is 2.60 bits per heavy atom. The SMILES string of the molecule is Cn1nc(-c2ccc(Cl)cn2)nc1-c1cccc(Cl)c1. The molecule has 20 heavy (non-hydrogen) atoms. The fourth-order valence-corrected chi connectivity index (χ4v) is 2.18. The van der Waals surface area contributed by atoms with Crippen molar-refractivity contribution in [3.05, 3.63) is 52.6 Å². The van der Waals surface area contributed by atoms with Gasteiger partial charge in [-0.15, -0.1) is 5.10 Å². The molecule has 0 saturated heterocycles. The molecule has 0 N–H and O–H groups in total. The van der Waals surface area contributed by atoms with Crippen LogP contribution in [-0.2, 0) is 7.05 Å². The number of rotatable bonds is 2. The smallest absolute Gasteiger partial charge is 0.200 e. The number of pyridine rings is 1. The lowest BCUT2D eigenvalue weighted by molar-refractivity contribution is 0.776. The molecule has 2 heterocycles. The third-order valence-electron chi connectivity index (χ3n) is 2.80. The van der Waals surface area contributed by atoms with E-state index >= 15 is 0 Å². The Morgan fingerprint density at radius 2 is 1.90 bits per heavy atom. The highest BCUT2D eigenvalue weighted by Crippen LogP contribution is 2.23. The van der Waals surface area contributed by atoms with Gasteiger partial charge in [-0.25, -0.2) is 9.67 Å². The Balaban J connectivity index is 2.05. The first-order chi connectivity index (χ1) is 9.63. The topological polar surface area (TPSA) is 43.6 Å². The van der Waals surface area contributed by atoms with Gasteiger partial charge in [0.25, 0.3) is 0 Å². The minimum absolute atomic E-state index is 0.555. The first-order valence-electron chi connectivity index (χ1n) is 5.92. The highest BCUT2D eigenvalue weighted by Gasteiger charge is 2.12. The van der Waals surface area contributed by atoms with E-state index in [4.69, 9.17) is 23.2 Å². The van der Waals surface area contributed by atoms with Crippen molar-refractivity contribution in [3.63, 3.8) is 0 Å². The molecular weight excluding hydrogens is 295 g/mol. The van der Waals surface area contributed by atoms with E-state index in [1.807, 2.05) is 31.3 Å². The first kappa shape index (κ1) is 13.1. The highest BCUT2D eigenvalue weighted by molar-refractivity contribution is 6.31. The quantitative estimate of drug-likeness (QED) is 0.722. The van der Waals surface area contributed by atoms with E-state index in [0.29, 0.717) is 21.6 Å². The molecule has 0 aliphatic heterocycles. The molecule has 3 aromatic rings. The van der Waals surface area contributed by atoms with Crippen molar-refractivity contribution >= 4 is 23.2 Å². The number of benzene rings is 1. The Morgan fingerprint density at radius 1 is 1.05 bits per heavy atom. The average Bonchev–Trinajstić information content (AvgIpc) is 2.82. The van der Waals surface area contributed by atoms with Gasteiger partial charge < -0.3 is 0 Å². The van der Waals surface area contributed by atoms with Crippen molar-refractivity contribution < 1.29 is 0 Å². The number of hydrogen-bond donors (Lipinski definition) is 0. The van der Waals surface area contributed by atoms with Crippen LogP contribution in [0.15, 0.2) is 42.6 Å². The fourth-order valence-electron chi connectivity index (χ4n) is 1.88. The lowest BCUT2D eigenvalue weighted by Crippen LogP contribution is -1.94. The molecule has 0 spiro atoms. The molecule has 0 aliphatic rings. The normalized spacial score (nSPS) is 10.8. The van der Waals surface area contributed by atoms with Crippen LogP contribution in [0.3, 0.4) is 0 Å². The molecular formula is C14H10Cl2N4. The Hall–Kier alpha value is -1.91. The molecule has 6 heteroatoms. The van der Waals surface area contributed by atoms with Crippen molar-refractivity contribution in [2.45, 2.75) is 0 Å². The minimum atomic E-state index is 0.555. The predicted molar refractivity (Wildman–Crippen MR) is 79.7 cm³/mol. The van der Waals surface area contributed by atoms with Gasteiger partial charge >= 0.3 is 0 Å². The van der Waals surface area contributed by atoms with Crippen LogP contribution in [0.2, 0.25) is 10.0 Å². The van der Waals surface area contributed by atoms with Gasteiger partial charge in [0.2, 0.25) is 0 Å². The van der Waals surface area contributed by atoms with Gasteiger partial charge in [0.15, 0.2) is 11.6 Å². The van der Waals surface area contributed by atoms with Gasteiger partial charge in [0.1, 0.15) is 5.69 Å². The van der Waals surface area contributed by atoms with Crippen LogP contribution in [0.1, 0.15) is 0 Å². The average molecular weight is 305 g/mol. The van der Waals surface area contributed by atoms with Gasteiger partial charge in [-0.05, 0) is 24.3 Å². The van der Waals surface area contributed by atoms with E-state index in [2.05, 4.69) is 15.1 Å². The van der Waals surface area contributed by atoms with Crippen LogP contribution in [0.25, 0.3) is 22.9 Å². The summed E-state index contributed by atoms with van der Waals surface area (Å²) in [6.45, 7) is 0. The summed E-state index contributed by atoms with van der Waals surface area (Å²) in [6, 6.07) is 11.0. The second-order valence-corrected chi connectivity index (χ2v) is 5.13. The third-order valence-corrected chi connectivity index (χ3v) is 3.26. The second-order valence-electron chi connectivity index (χ2n) is 4.25. The van der Waals surface area contributed by atoms with Crippen LogP contribution in [-0.4, -0.2) is 19.7 Å². The van der Waals surface area contributed by atoms with Crippen LogP contribution < -0.4 is 0 Å². The molecule has 0 unspecified atom stereocenters. The van der Waals surface area contributed by atoms with Crippen molar-refractivity contribution in [1.82, 2.24) is 19.7 Å². The van der Waals surface area contributed by atoms with Gasteiger partial charge in [0, 0.05) is 23.8 Å². The van der Waals surface area contributed by atoms with Crippen LogP contribution in [0.4, 0.5) is 0 Å². The zero-order valence-electron chi connectivity index (χ0n) is 10.6. The molecule has 0 radical (unpaired) electrons. The van der Waals surface area contributed by atoms with E-state index in [9.17, 15) is 0 Å². The zero-order chi connectivity index (χ0) is 14.1. The number of aromatic nitrogens is 4. The second kappa shape index (κ2) is 5.23. The maximum atomic E-state index is 6.00. The van der Waals surface area contributed by atoms with E-state index in [-0.39, 0.29) is 0 Å². The van der Waals surface area contributed by atoms with Gasteiger partial charge in [-0.2, -0.15) is 0 Å². The Labute approximate surface area is 126 Å². The number of aryl methyl sites for hydroxylation is 1. The Kier molecular flexibility index (Phi) is 3.42. The standard InChI is InChI=1S/C14H10Cl2N4/c1-20-14(9-3-2-4-10(15)7-9)18-13(19-20)12-6-5-11(16)8-17-12/h2-8H,1H3. The van der Waals surface area contributed by atoms with Crippen LogP contribution in [0.5, 0.6) is 0 Å². The number of halogens is 2. The maximum Gasteiger partial charge on any atom is 0.200 e. The summed E-state index contributed by atoms with van der Waals surface area (Å²) < 4.78 is 1.71. The number of nitrogens with zero attached hydrogens (tertiary/aromatic N) is 4. The largest absolute Gasteiger partial charge is 0.251 e. The summed E-state index contributed by atoms with van der Waals surface area (Å²) in [4.78, 5) is 8.73. The molecule has 0 amide bonds. The molecule has 100 valence electrons. The van der Waals surface area contributed by atoms with E-state index in [1.54, 1.807) is 23.0 Å². The fraction of sp³-hybridized carbons (Fsp3) is 0.0714. The summed E-state index contributed by atoms with van der Waals surface area (Å²) in [7, 11) is 1.84. The van der Waals surface area contributed by atoms with Crippen molar-refractivity contribution in [1.29, 1.82) is 0 Å². The molecule has 1 aromatic carbocycles. The summed E-state index contributed by atoms with van der Waals surface area (Å²) in [5.41, 5.74) is 1.59. The summed E-state index contributed by atoms with van der Waals surface area (Å²) in [6.07, 6.45) is 1.58. The molecule has 0 saturated carbocycles. The van der Waals surface area contributed by atoms with Gasteiger partial charge in [-0.3, -0.25) is 4.98 Å². The van der Waals surface area contributed by atoms with Crippen molar-refractivity contribution in [2.75, 3.05) is 0 Å². The lowest BCUT2D eigenvalue weighted by Gasteiger charge is -1.99. The molecule has 4 nitrogen and oxygen atoms in total. The van der Waals surface area contributed by atoms with E-state index in [1.165, 1.54) is 0 Å². The van der Waals surface area contributed by atoms with E-state index < -0.39 is 0 Å². The van der Waals surface area contributed by atoms with Crippen LogP contribution >= 0.6 is 23.2 Å². The third kappa shape index (κ3) is 2.53. The van der Waals surface area contributed by atoms with Gasteiger partial charge in [0.05, 0.1) is 5.02 Å². The molecule has 0 fully saturated rings. The molecule has 0 bridgehead atoms. The minimum Gasteiger partial charge on any atom is -0.251 e. The molecule has 3 rings (SSSR count). The predicted octanol–water partition coefficient (Wildman–Crippen LogP) is 3.85. The van der Waals surface area contributed by atoms with Gasteiger partial charge in [-0.1, -0.05) is 35.3 Å². The van der Waals surface area contributed by atoms with Crippen LogP contribution in [0, 0.1) is 0 Å². The summed E-state index contributed by atoms with van der Waals surface area (Å²) >= 11 is 11.8. The highest BCUT2D eigenvalue weighted by atomic mass is 35.5. The van der Waals surface area contributed by atoms with E-state index in [0.717, 1.165) is 11.4 Å². The number of hydrogen-bond acceptors (Lipinski definition) is 3. The summed E-state index contributed by atoms with van der Waals surface area (Å²) in [5, 5.41) is 5.62.